The highest BCUT2D eigenvalue weighted by Crippen LogP contribution is 2.24. The van der Waals surface area contributed by atoms with E-state index in [1.165, 1.54) is 11.0 Å². The second kappa shape index (κ2) is 6.13. The molecule has 1 aliphatic heterocycles. The fourth-order valence-corrected chi connectivity index (χ4v) is 3.04. The van der Waals surface area contributed by atoms with Crippen molar-refractivity contribution in [1.29, 1.82) is 0 Å². The number of nitrogens with zero attached hydrogens (tertiary/aromatic N) is 1. The van der Waals surface area contributed by atoms with E-state index in [9.17, 15) is 14.4 Å². The smallest absolute Gasteiger partial charge is 0.334 e. The average molecular weight is 381 g/mol. The predicted octanol–water partition coefficient (Wildman–Crippen LogP) is 1.22. The number of para-hydroxylation sites is 1. The number of hydrogen-bond donors (Lipinski definition) is 2. The van der Waals surface area contributed by atoms with Gasteiger partial charge in [-0.25, -0.2) is 4.79 Å². The number of morpholine rings is 1. The Balaban J connectivity index is 2.03. The number of aliphatic carboxylic acids is 1. The molecule has 1 aliphatic rings. The summed E-state index contributed by atoms with van der Waals surface area (Å²) in [5, 5.41) is 9.64. The maximum absolute atomic E-state index is 12.8. The van der Waals surface area contributed by atoms with Gasteiger partial charge >= 0.3 is 5.97 Å². The Morgan fingerprint density at radius 1 is 1.39 bits per heavy atom. The van der Waals surface area contributed by atoms with Crippen molar-refractivity contribution >= 4 is 38.7 Å². The molecular formula is C15H13BrN2O5. The number of carboxylic acids is 1. The number of aromatic nitrogens is 1. The van der Waals surface area contributed by atoms with Crippen LogP contribution in [0.5, 0.6) is 0 Å². The molecule has 2 N–H and O–H groups in total. The molecular weight excluding hydrogens is 368 g/mol. The molecule has 1 saturated heterocycles. The van der Waals surface area contributed by atoms with Crippen molar-refractivity contribution in [3.63, 3.8) is 0 Å². The van der Waals surface area contributed by atoms with Crippen molar-refractivity contribution in [2.45, 2.75) is 6.10 Å². The number of halogens is 1. The third kappa shape index (κ3) is 2.99. The Labute approximate surface area is 139 Å². The van der Waals surface area contributed by atoms with E-state index in [0.29, 0.717) is 15.4 Å². The Bertz CT molecular complexity index is 847. The first-order valence-corrected chi connectivity index (χ1v) is 7.72. The van der Waals surface area contributed by atoms with Gasteiger partial charge in [-0.3, -0.25) is 9.59 Å². The zero-order valence-corrected chi connectivity index (χ0v) is 13.5. The lowest BCUT2D eigenvalue weighted by molar-refractivity contribution is -0.154. The van der Waals surface area contributed by atoms with Crippen molar-refractivity contribution in [2.24, 2.45) is 0 Å². The van der Waals surface area contributed by atoms with Gasteiger partial charge in [-0.05, 0) is 22.0 Å². The summed E-state index contributed by atoms with van der Waals surface area (Å²) in [6.45, 7) is 0.384. The lowest BCUT2D eigenvalue weighted by atomic mass is 10.1. The second-order valence-corrected chi connectivity index (χ2v) is 6.01. The van der Waals surface area contributed by atoms with Gasteiger partial charge in [0.05, 0.1) is 24.2 Å². The summed E-state index contributed by atoms with van der Waals surface area (Å²) in [7, 11) is 0. The third-order valence-corrected chi connectivity index (χ3v) is 4.35. The van der Waals surface area contributed by atoms with Gasteiger partial charge < -0.3 is 19.7 Å². The normalized spacial score (nSPS) is 18.1. The zero-order valence-electron chi connectivity index (χ0n) is 11.9. The van der Waals surface area contributed by atoms with E-state index in [1.807, 2.05) is 0 Å². The summed E-state index contributed by atoms with van der Waals surface area (Å²) in [5.74, 6) is -1.49. The van der Waals surface area contributed by atoms with Gasteiger partial charge in [-0.15, -0.1) is 0 Å². The molecule has 1 fully saturated rings. The van der Waals surface area contributed by atoms with Crippen molar-refractivity contribution < 1.29 is 19.4 Å². The summed E-state index contributed by atoms with van der Waals surface area (Å²) in [4.78, 5) is 39.7. The van der Waals surface area contributed by atoms with Crippen LogP contribution in [0.25, 0.3) is 10.9 Å². The van der Waals surface area contributed by atoms with Crippen LogP contribution in [0, 0.1) is 0 Å². The number of pyridine rings is 1. The van der Waals surface area contributed by atoms with E-state index >= 15 is 0 Å². The average Bonchev–Trinajstić information content (AvgIpc) is 2.54. The van der Waals surface area contributed by atoms with Gasteiger partial charge in [0.1, 0.15) is 0 Å². The van der Waals surface area contributed by atoms with Crippen LogP contribution in [0.15, 0.2) is 33.5 Å². The van der Waals surface area contributed by atoms with Crippen LogP contribution in [-0.4, -0.2) is 52.7 Å². The third-order valence-electron chi connectivity index (χ3n) is 3.69. The molecule has 0 saturated carbocycles. The van der Waals surface area contributed by atoms with Gasteiger partial charge in [-0.2, -0.15) is 0 Å². The molecule has 8 heteroatoms. The fourth-order valence-electron chi connectivity index (χ4n) is 2.57. The highest BCUT2D eigenvalue weighted by molar-refractivity contribution is 9.10. The molecule has 1 aromatic heterocycles. The van der Waals surface area contributed by atoms with E-state index in [1.54, 1.807) is 18.2 Å². The minimum absolute atomic E-state index is 0.0452. The topological polar surface area (TPSA) is 99.7 Å². The SMILES string of the molecule is O=C(O)[C@H]1CN(C(=O)c2cc(=O)[nH]c3c(Br)cccc23)CCO1. The van der Waals surface area contributed by atoms with E-state index in [0.717, 1.165) is 0 Å². The quantitative estimate of drug-likeness (QED) is 0.815. The number of amides is 1. The summed E-state index contributed by atoms with van der Waals surface area (Å²) >= 11 is 3.35. The first-order valence-electron chi connectivity index (χ1n) is 6.92. The number of benzene rings is 1. The molecule has 0 unspecified atom stereocenters. The monoisotopic (exact) mass is 380 g/mol. The first-order chi connectivity index (χ1) is 11.0. The molecule has 3 rings (SSSR count). The number of nitrogens with one attached hydrogen (secondary N) is 1. The predicted molar refractivity (Wildman–Crippen MR) is 85.5 cm³/mol. The highest BCUT2D eigenvalue weighted by atomic mass is 79.9. The maximum atomic E-state index is 12.8. The number of hydrogen-bond acceptors (Lipinski definition) is 4. The van der Waals surface area contributed by atoms with Gasteiger partial charge in [-0.1, -0.05) is 12.1 Å². The summed E-state index contributed by atoms with van der Waals surface area (Å²) in [6, 6.07) is 6.50. The Hall–Kier alpha value is -2.19. The molecule has 120 valence electrons. The molecule has 0 radical (unpaired) electrons. The van der Waals surface area contributed by atoms with Crippen LogP contribution < -0.4 is 5.56 Å². The van der Waals surface area contributed by atoms with Gasteiger partial charge in [0.25, 0.3) is 5.91 Å². The van der Waals surface area contributed by atoms with Crippen LogP contribution in [0.2, 0.25) is 0 Å². The summed E-state index contributed by atoms with van der Waals surface area (Å²) in [5.41, 5.74) is 0.387. The molecule has 0 aliphatic carbocycles. The van der Waals surface area contributed by atoms with Gasteiger partial charge in [0.15, 0.2) is 6.10 Å². The molecule has 0 spiro atoms. The number of carboxylic acid groups (broad SMARTS) is 1. The van der Waals surface area contributed by atoms with Crippen LogP contribution >= 0.6 is 15.9 Å². The molecule has 23 heavy (non-hydrogen) atoms. The Morgan fingerprint density at radius 3 is 2.91 bits per heavy atom. The van der Waals surface area contributed by atoms with Crippen molar-refractivity contribution in [3.8, 4) is 0 Å². The number of fused-ring (bicyclic) bond motifs is 1. The van der Waals surface area contributed by atoms with Gasteiger partial charge in [0.2, 0.25) is 5.56 Å². The molecule has 7 nitrogen and oxygen atoms in total. The first kappa shape index (κ1) is 15.7. The van der Waals surface area contributed by atoms with E-state index in [-0.39, 0.29) is 31.2 Å². The fraction of sp³-hybridized carbons (Fsp3) is 0.267. The molecule has 1 atom stereocenters. The Morgan fingerprint density at radius 2 is 2.17 bits per heavy atom. The lowest BCUT2D eigenvalue weighted by Crippen LogP contribution is -2.48. The second-order valence-electron chi connectivity index (χ2n) is 5.16. The van der Waals surface area contributed by atoms with Crippen LogP contribution in [-0.2, 0) is 9.53 Å². The number of aromatic amines is 1. The molecule has 1 aromatic carbocycles. The van der Waals surface area contributed by atoms with Crippen LogP contribution in [0.3, 0.4) is 0 Å². The molecule has 0 bridgehead atoms. The standard InChI is InChI=1S/C15H13BrN2O5/c16-10-3-1-2-8-9(6-12(19)17-13(8)10)14(20)18-4-5-23-11(7-18)15(21)22/h1-3,6,11H,4-5,7H2,(H,17,19)(H,21,22)/t11-/m1/s1. The van der Waals surface area contributed by atoms with Crippen LogP contribution in [0.1, 0.15) is 10.4 Å². The maximum Gasteiger partial charge on any atom is 0.334 e. The minimum atomic E-state index is -1.11. The molecule has 2 aromatic rings. The Kier molecular flexibility index (Phi) is 4.18. The number of H-pyrrole nitrogens is 1. The summed E-state index contributed by atoms with van der Waals surface area (Å²) in [6.07, 6.45) is -1.05. The zero-order chi connectivity index (χ0) is 16.6. The van der Waals surface area contributed by atoms with Gasteiger partial charge in [0, 0.05) is 22.5 Å². The van der Waals surface area contributed by atoms with Crippen molar-refractivity contribution in [2.75, 3.05) is 19.7 Å². The number of ether oxygens (including phenoxy) is 1. The van der Waals surface area contributed by atoms with E-state index in [2.05, 4.69) is 20.9 Å². The lowest BCUT2D eigenvalue weighted by Gasteiger charge is -2.31. The largest absolute Gasteiger partial charge is 0.479 e. The summed E-state index contributed by atoms with van der Waals surface area (Å²) < 4.78 is 5.79. The minimum Gasteiger partial charge on any atom is -0.479 e. The highest BCUT2D eigenvalue weighted by Gasteiger charge is 2.30. The number of carbonyl (C=O) groups excluding carboxylic acids is 1. The van der Waals surface area contributed by atoms with Crippen molar-refractivity contribution in [3.05, 3.63) is 44.7 Å². The van der Waals surface area contributed by atoms with E-state index in [4.69, 9.17) is 9.84 Å². The molecule has 2 heterocycles. The van der Waals surface area contributed by atoms with Crippen molar-refractivity contribution in [1.82, 2.24) is 9.88 Å². The van der Waals surface area contributed by atoms with Crippen LogP contribution in [0.4, 0.5) is 0 Å². The molecule has 1 amide bonds. The number of carbonyl (C=O) groups is 2. The number of rotatable bonds is 2. The van der Waals surface area contributed by atoms with E-state index < -0.39 is 17.6 Å².